The molecule has 0 aliphatic rings. The van der Waals surface area contributed by atoms with Crippen LogP contribution >= 0.6 is 0 Å². The highest BCUT2D eigenvalue weighted by atomic mass is 16.5. The molecule has 3 aromatic carbocycles. The molecule has 33 heavy (non-hydrogen) atoms. The van der Waals surface area contributed by atoms with Gasteiger partial charge in [-0.1, -0.05) is 42.5 Å². The van der Waals surface area contributed by atoms with Crippen molar-refractivity contribution in [3.05, 3.63) is 78.4 Å². The predicted octanol–water partition coefficient (Wildman–Crippen LogP) is 3.28. The van der Waals surface area contributed by atoms with Crippen LogP contribution in [0.4, 0.5) is 5.69 Å². The van der Waals surface area contributed by atoms with Gasteiger partial charge >= 0.3 is 5.97 Å². The number of anilines is 1. The first-order chi connectivity index (χ1) is 16.0. The van der Waals surface area contributed by atoms with Gasteiger partial charge in [0.1, 0.15) is 18.0 Å². The van der Waals surface area contributed by atoms with Crippen LogP contribution in [0.5, 0.6) is 11.5 Å². The molecule has 8 heteroatoms. The summed E-state index contributed by atoms with van der Waals surface area (Å²) >= 11 is 0. The predicted molar refractivity (Wildman–Crippen MR) is 123 cm³/mol. The first-order valence-electron chi connectivity index (χ1n) is 10.1. The van der Waals surface area contributed by atoms with Crippen LogP contribution < -0.4 is 20.1 Å². The van der Waals surface area contributed by atoms with E-state index in [0.717, 1.165) is 11.1 Å². The molecular weight excluding hydrogens is 424 g/mol. The lowest BCUT2D eigenvalue weighted by Gasteiger charge is -2.10. The van der Waals surface area contributed by atoms with Crippen molar-refractivity contribution in [3.8, 4) is 22.6 Å². The average Bonchev–Trinajstić information content (AvgIpc) is 2.86. The molecule has 170 valence electrons. The summed E-state index contributed by atoms with van der Waals surface area (Å²) in [6.45, 7) is -0.862. The number of carbonyl (C=O) groups excluding carboxylic acids is 3. The summed E-state index contributed by atoms with van der Waals surface area (Å²) in [5, 5.41) is 5.08. The minimum atomic E-state index is -0.734. The molecule has 0 saturated carbocycles. The number of rotatable bonds is 9. The second-order valence-corrected chi connectivity index (χ2v) is 6.94. The topological polar surface area (TPSA) is 103 Å². The Morgan fingerprint density at radius 1 is 0.788 bits per heavy atom. The van der Waals surface area contributed by atoms with Crippen LogP contribution in [0.2, 0.25) is 0 Å². The molecule has 0 fully saturated rings. The molecule has 3 aromatic rings. The SMILES string of the molecule is COc1cc(NC(=O)COC(=O)CNC(=O)c2ccc(-c3ccccc3)cc2)cc(OC)c1. The Labute approximate surface area is 191 Å². The Hall–Kier alpha value is -4.33. The van der Waals surface area contributed by atoms with E-state index in [9.17, 15) is 14.4 Å². The van der Waals surface area contributed by atoms with E-state index < -0.39 is 24.4 Å². The van der Waals surface area contributed by atoms with Gasteiger partial charge in [0.05, 0.1) is 14.2 Å². The Morgan fingerprint density at radius 3 is 2.00 bits per heavy atom. The van der Waals surface area contributed by atoms with E-state index in [-0.39, 0.29) is 6.54 Å². The number of ether oxygens (including phenoxy) is 3. The van der Waals surface area contributed by atoms with Gasteiger partial charge in [0, 0.05) is 29.4 Å². The summed E-state index contributed by atoms with van der Waals surface area (Å²) in [7, 11) is 2.99. The molecule has 2 N–H and O–H groups in total. The molecule has 0 atom stereocenters. The van der Waals surface area contributed by atoms with Crippen LogP contribution in [-0.4, -0.2) is 45.2 Å². The third-order valence-electron chi connectivity index (χ3n) is 4.65. The zero-order valence-corrected chi connectivity index (χ0v) is 18.3. The third kappa shape index (κ3) is 6.83. The number of nitrogens with one attached hydrogen (secondary N) is 2. The Kier molecular flexibility index (Phi) is 8.02. The number of methoxy groups -OCH3 is 2. The molecule has 0 heterocycles. The van der Waals surface area contributed by atoms with Gasteiger partial charge < -0.3 is 24.8 Å². The fraction of sp³-hybridized carbons (Fsp3) is 0.160. The average molecular weight is 448 g/mol. The Morgan fingerprint density at radius 2 is 1.39 bits per heavy atom. The Bertz CT molecular complexity index is 1090. The quantitative estimate of drug-likeness (QED) is 0.487. The second kappa shape index (κ2) is 11.3. The standard InChI is InChI=1S/C25H24N2O6/c1-31-21-12-20(13-22(14-21)32-2)27-23(28)16-33-24(29)15-26-25(30)19-10-8-18(9-11-19)17-6-4-3-5-7-17/h3-14H,15-16H2,1-2H3,(H,26,30)(H,27,28). The summed E-state index contributed by atoms with van der Waals surface area (Å²) in [6.07, 6.45) is 0. The summed E-state index contributed by atoms with van der Waals surface area (Å²) < 4.78 is 15.2. The fourth-order valence-corrected chi connectivity index (χ4v) is 2.97. The highest BCUT2D eigenvalue weighted by Crippen LogP contribution is 2.25. The smallest absolute Gasteiger partial charge is 0.325 e. The van der Waals surface area contributed by atoms with Crippen molar-refractivity contribution in [1.29, 1.82) is 0 Å². The van der Waals surface area contributed by atoms with Gasteiger partial charge in [0.2, 0.25) is 0 Å². The van der Waals surface area contributed by atoms with Crippen molar-refractivity contribution in [2.24, 2.45) is 0 Å². The van der Waals surface area contributed by atoms with Gasteiger partial charge in [-0.3, -0.25) is 14.4 Å². The molecule has 0 aromatic heterocycles. The molecule has 0 spiro atoms. The number of amides is 2. The van der Waals surface area contributed by atoms with Crippen molar-refractivity contribution in [3.63, 3.8) is 0 Å². The second-order valence-electron chi connectivity index (χ2n) is 6.94. The number of hydrogen-bond donors (Lipinski definition) is 2. The summed E-state index contributed by atoms with van der Waals surface area (Å²) in [5.41, 5.74) is 2.86. The van der Waals surface area contributed by atoms with Crippen LogP contribution in [0.3, 0.4) is 0 Å². The van der Waals surface area contributed by atoms with Gasteiger partial charge in [-0.05, 0) is 23.3 Å². The van der Waals surface area contributed by atoms with Gasteiger partial charge in [-0.15, -0.1) is 0 Å². The zero-order chi connectivity index (χ0) is 23.6. The van der Waals surface area contributed by atoms with Crippen LogP contribution in [0.1, 0.15) is 10.4 Å². The highest BCUT2D eigenvalue weighted by Gasteiger charge is 2.12. The van der Waals surface area contributed by atoms with E-state index >= 15 is 0 Å². The summed E-state index contributed by atoms with van der Waals surface area (Å²) in [4.78, 5) is 36.3. The summed E-state index contributed by atoms with van der Waals surface area (Å²) in [6, 6.07) is 21.7. The molecule has 0 unspecified atom stereocenters. The lowest BCUT2D eigenvalue weighted by atomic mass is 10.0. The monoisotopic (exact) mass is 448 g/mol. The van der Waals surface area contributed by atoms with Crippen molar-refractivity contribution in [1.82, 2.24) is 5.32 Å². The molecule has 8 nitrogen and oxygen atoms in total. The number of carbonyl (C=O) groups is 3. The van der Waals surface area contributed by atoms with E-state index in [1.165, 1.54) is 14.2 Å². The van der Waals surface area contributed by atoms with Gasteiger partial charge in [-0.25, -0.2) is 0 Å². The number of hydrogen-bond acceptors (Lipinski definition) is 6. The highest BCUT2D eigenvalue weighted by molar-refractivity contribution is 5.97. The molecular formula is C25H24N2O6. The minimum Gasteiger partial charge on any atom is -0.497 e. The summed E-state index contributed by atoms with van der Waals surface area (Å²) in [5.74, 6) is -0.689. The van der Waals surface area contributed by atoms with Crippen molar-refractivity contribution < 1.29 is 28.6 Å². The first-order valence-corrected chi connectivity index (χ1v) is 10.1. The van der Waals surface area contributed by atoms with E-state index in [2.05, 4.69) is 10.6 Å². The maximum atomic E-state index is 12.3. The van der Waals surface area contributed by atoms with Crippen LogP contribution in [0, 0.1) is 0 Å². The first kappa shape index (κ1) is 23.3. The number of esters is 1. The molecule has 0 aliphatic heterocycles. The van der Waals surface area contributed by atoms with Crippen LogP contribution in [0.25, 0.3) is 11.1 Å². The molecule has 0 aliphatic carbocycles. The lowest BCUT2D eigenvalue weighted by Crippen LogP contribution is -2.32. The number of benzene rings is 3. The lowest BCUT2D eigenvalue weighted by molar-refractivity contribution is -0.146. The van der Waals surface area contributed by atoms with Crippen LogP contribution in [-0.2, 0) is 14.3 Å². The van der Waals surface area contributed by atoms with Crippen molar-refractivity contribution in [2.45, 2.75) is 0 Å². The largest absolute Gasteiger partial charge is 0.497 e. The van der Waals surface area contributed by atoms with E-state index in [0.29, 0.717) is 22.7 Å². The van der Waals surface area contributed by atoms with E-state index in [1.54, 1.807) is 30.3 Å². The van der Waals surface area contributed by atoms with Crippen LogP contribution in [0.15, 0.2) is 72.8 Å². The third-order valence-corrected chi connectivity index (χ3v) is 4.65. The molecule has 2 amide bonds. The van der Waals surface area contributed by atoms with Crippen molar-refractivity contribution >= 4 is 23.5 Å². The van der Waals surface area contributed by atoms with Gasteiger partial charge in [0.25, 0.3) is 11.8 Å². The van der Waals surface area contributed by atoms with E-state index in [1.807, 2.05) is 42.5 Å². The van der Waals surface area contributed by atoms with Crippen molar-refractivity contribution in [2.75, 3.05) is 32.7 Å². The maximum Gasteiger partial charge on any atom is 0.325 e. The maximum absolute atomic E-state index is 12.3. The molecule has 0 radical (unpaired) electrons. The minimum absolute atomic E-state index is 0.362. The van der Waals surface area contributed by atoms with Gasteiger partial charge in [-0.2, -0.15) is 0 Å². The molecule has 0 saturated heterocycles. The molecule has 3 rings (SSSR count). The Balaban J connectivity index is 1.44. The molecule has 0 bridgehead atoms. The van der Waals surface area contributed by atoms with Gasteiger partial charge in [0.15, 0.2) is 6.61 Å². The van der Waals surface area contributed by atoms with E-state index in [4.69, 9.17) is 14.2 Å². The fourth-order valence-electron chi connectivity index (χ4n) is 2.97. The zero-order valence-electron chi connectivity index (χ0n) is 18.3. The normalized spacial score (nSPS) is 10.1.